The highest BCUT2D eigenvalue weighted by Gasteiger charge is 2.30. The highest BCUT2D eigenvalue weighted by Crippen LogP contribution is 2.32. The van der Waals surface area contributed by atoms with Crippen LogP contribution in [0.3, 0.4) is 0 Å². The molecule has 0 N–H and O–H groups in total. The fourth-order valence-electron chi connectivity index (χ4n) is 4.95. The molecule has 0 radical (unpaired) electrons. The molecule has 0 bridgehead atoms. The predicted octanol–water partition coefficient (Wildman–Crippen LogP) is 7.47. The van der Waals surface area contributed by atoms with Gasteiger partial charge < -0.3 is 14.4 Å². The molecule has 1 atom stereocenters. The maximum absolute atomic E-state index is 14.6. The number of alkyl halides is 3. The molecule has 0 aliphatic heterocycles. The first-order valence-corrected chi connectivity index (χ1v) is 16.1. The molecule has 1 unspecified atom stereocenters. The second kappa shape index (κ2) is 15.5. The fourth-order valence-corrected chi connectivity index (χ4v) is 5.83. The zero-order valence-electron chi connectivity index (χ0n) is 37.4. The lowest BCUT2D eigenvalue weighted by Crippen LogP contribution is -2.40. The summed E-state index contributed by atoms with van der Waals surface area (Å²) in [6.07, 6.45) is -10.5. The van der Waals surface area contributed by atoms with E-state index in [1.54, 1.807) is 0 Å². The lowest BCUT2D eigenvalue weighted by atomic mass is 10.0. The molecule has 4 aromatic rings. The molecule has 11 heteroatoms. The molecular formula is C37H40F4N4O2S. The monoisotopic (exact) mass is 691 g/mol. The van der Waals surface area contributed by atoms with Crippen LogP contribution in [0.1, 0.15) is 63.8 Å². The van der Waals surface area contributed by atoms with Gasteiger partial charge >= 0.3 is 6.18 Å². The number of rotatable bonds is 13. The van der Waals surface area contributed by atoms with E-state index in [1.807, 2.05) is 18.7 Å². The van der Waals surface area contributed by atoms with Crippen molar-refractivity contribution in [3.63, 3.8) is 0 Å². The van der Waals surface area contributed by atoms with Gasteiger partial charge in [0.25, 0.3) is 5.56 Å². The number of carbonyl (C=O) groups is 1. The predicted molar refractivity (Wildman–Crippen MR) is 181 cm³/mol. The molecule has 1 aliphatic rings. The minimum atomic E-state index is -4.54. The summed E-state index contributed by atoms with van der Waals surface area (Å²) in [7, 11) is 0. The van der Waals surface area contributed by atoms with Gasteiger partial charge in [0.15, 0.2) is 5.16 Å². The Hall–Kier alpha value is -3.96. The number of hydrogen-bond donors (Lipinski definition) is 0. The molecule has 1 aliphatic carbocycles. The third-order valence-corrected chi connectivity index (χ3v) is 8.59. The van der Waals surface area contributed by atoms with Crippen molar-refractivity contribution in [3.8, 4) is 11.1 Å². The van der Waals surface area contributed by atoms with Crippen molar-refractivity contribution in [2.75, 3.05) is 26.2 Å². The van der Waals surface area contributed by atoms with E-state index in [0.717, 1.165) is 28.5 Å². The van der Waals surface area contributed by atoms with E-state index in [1.165, 1.54) is 36.4 Å². The lowest BCUT2D eigenvalue weighted by molar-refractivity contribution is -0.137. The second-order valence-corrected chi connectivity index (χ2v) is 11.7. The average molecular weight is 692 g/mol. The van der Waals surface area contributed by atoms with Crippen LogP contribution < -0.4 is 5.56 Å². The van der Waals surface area contributed by atoms with Crippen LogP contribution >= 0.6 is 11.8 Å². The van der Waals surface area contributed by atoms with Crippen molar-refractivity contribution in [3.05, 3.63) is 117 Å². The summed E-state index contributed by atoms with van der Waals surface area (Å²) in [6, 6.07) is 6.63. The van der Waals surface area contributed by atoms with Crippen LogP contribution in [-0.4, -0.2) is 51.4 Å². The van der Waals surface area contributed by atoms with Gasteiger partial charge in [0.2, 0.25) is 5.91 Å². The van der Waals surface area contributed by atoms with Gasteiger partial charge in [0.1, 0.15) is 12.4 Å². The first kappa shape index (κ1) is 23.4. The molecule has 6 nitrogen and oxygen atoms in total. The number of halogens is 4. The number of fused-ring (bicyclic) bond motifs is 1. The average Bonchev–Trinajstić information content (AvgIpc) is 3.29. The Balaban J connectivity index is 1.62. The van der Waals surface area contributed by atoms with E-state index >= 15 is 0 Å². The number of nitrogens with zero attached hydrogens (tertiary/aromatic N) is 4. The van der Waals surface area contributed by atoms with Gasteiger partial charge in [-0.1, -0.05) is 81.0 Å². The molecule has 0 saturated heterocycles. The molecule has 0 saturated carbocycles. The van der Waals surface area contributed by atoms with Crippen LogP contribution in [-0.2, 0) is 42.5 Å². The maximum atomic E-state index is 14.6. The van der Waals surface area contributed by atoms with E-state index in [2.05, 4.69) is 4.98 Å². The second-order valence-electron chi connectivity index (χ2n) is 10.8. The Bertz CT molecular complexity index is 2280. The zero-order chi connectivity index (χ0) is 44.2. The van der Waals surface area contributed by atoms with E-state index < -0.39 is 107 Å². The van der Waals surface area contributed by atoms with Crippen LogP contribution in [0.4, 0.5) is 17.6 Å². The largest absolute Gasteiger partial charge is 0.416 e. The molecule has 254 valence electrons. The summed E-state index contributed by atoms with van der Waals surface area (Å²) in [5, 5.41) is -0.453. The Kier molecular flexibility index (Phi) is 7.56. The molecule has 3 aromatic carbocycles. The number of carbonyl (C=O) groups excluding carboxylic acids is 1. The third-order valence-electron chi connectivity index (χ3n) is 7.58. The van der Waals surface area contributed by atoms with E-state index in [4.69, 9.17) is 12.3 Å². The highest BCUT2D eigenvalue weighted by molar-refractivity contribution is 7.98. The van der Waals surface area contributed by atoms with Gasteiger partial charge in [-0.3, -0.25) is 9.59 Å². The van der Waals surface area contributed by atoms with Crippen molar-refractivity contribution >= 4 is 17.7 Å². The van der Waals surface area contributed by atoms with Crippen molar-refractivity contribution in [1.29, 1.82) is 0 Å². The standard InChI is InChI=1S/C37H40F4N4O2S/c1-4-43(5-2)18-19-44(22-26-6-10-28(11-7-26)29-12-14-30(15-13-29)37(39,40)41)34(46)23-45-33-21-25(3)20-32(33)35(47)42-36(45)48-24-27-8-16-31(38)17-9-27/h6-17,25H,4-5,18-24H2,1-3H3/i8D,9D,16D,17D,20D2,21D2,22D2,25D. The lowest BCUT2D eigenvalue weighted by Gasteiger charge is -2.28. The summed E-state index contributed by atoms with van der Waals surface area (Å²) in [4.78, 5) is 34.9. The molecule has 1 aromatic heterocycles. The number of benzene rings is 3. The molecule has 5 rings (SSSR count). The van der Waals surface area contributed by atoms with Crippen LogP contribution in [0.15, 0.2) is 82.7 Å². The zero-order valence-corrected chi connectivity index (χ0v) is 27.2. The number of amides is 1. The maximum Gasteiger partial charge on any atom is 0.416 e. The number of likely N-dealkylation sites (N-methyl/N-ethyl adjacent to an activating group) is 1. The Labute approximate surface area is 298 Å². The number of hydrogen-bond acceptors (Lipinski definition) is 5. The molecular weight excluding hydrogens is 640 g/mol. The summed E-state index contributed by atoms with van der Waals surface area (Å²) in [5.74, 6) is -5.56. The van der Waals surface area contributed by atoms with Gasteiger partial charge in [-0.15, -0.1) is 0 Å². The highest BCUT2D eigenvalue weighted by atomic mass is 32.2. The molecule has 1 amide bonds. The van der Waals surface area contributed by atoms with Crippen molar-refractivity contribution in [2.24, 2.45) is 5.89 Å². The topological polar surface area (TPSA) is 58.4 Å². The summed E-state index contributed by atoms with van der Waals surface area (Å²) in [6.45, 7) is 2.07. The molecule has 1 heterocycles. The minimum absolute atomic E-state index is 0.0380. The first-order valence-electron chi connectivity index (χ1n) is 20.6. The van der Waals surface area contributed by atoms with E-state index in [-0.39, 0.29) is 24.2 Å². The normalized spacial score (nSPS) is 21.6. The SMILES string of the molecule is [2H]c1c([2H])c(CSc2nc(=O)c3c(n2CC(=O)N(CCN(CC)CC)C([2H])([2H])c2ccc(-c4ccc(C(F)(F)F)cc4)cc2)C([2H])([2H])C([2H])(C)C3([2H])[2H])c([2H])c([2H])c1F. The summed E-state index contributed by atoms with van der Waals surface area (Å²) in [5.41, 5.74) is -3.15. The Morgan fingerprint density at radius 1 is 1.02 bits per heavy atom. The van der Waals surface area contributed by atoms with Crippen LogP contribution in [0.2, 0.25) is 0 Å². The van der Waals surface area contributed by atoms with E-state index in [9.17, 15) is 29.9 Å². The summed E-state index contributed by atoms with van der Waals surface area (Å²) >= 11 is 0.555. The van der Waals surface area contributed by atoms with Gasteiger partial charge in [-0.05, 0) is 78.2 Å². The third kappa shape index (κ3) is 8.73. The van der Waals surface area contributed by atoms with Gasteiger partial charge in [-0.25, -0.2) is 4.39 Å². The quantitative estimate of drug-likeness (QED) is 0.0828. The van der Waals surface area contributed by atoms with Crippen LogP contribution in [0.5, 0.6) is 0 Å². The molecule has 48 heavy (non-hydrogen) atoms. The fraction of sp³-hybridized carbons (Fsp3) is 0.378. The van der Waals surface area contributed by atoms with Gasteiger partial charge in [0, 0.05) is 43.5 Å². The Morgan fingerprint density at radius 2 is 1.65 bits per heavy atom. The Morgan fingerprint density at radius 3 is 2.25 bits per heavy atom. The summed E-state index contributed by atoms with van der Waals surface area (Å²) < 4.78 is 150. The van der Waals surface area contributed by atoms with Crippen molar-refractivity contribution in [1.82, 2.24) is 19.4 Å². The smallest absolute Gasteiger partial charge is 0.336 e. The van der Waals surface area contributed by atoms with Gasteiger partial charge in [-0.2, -0.15) is 18.2 Å². The molecule has 0 spiro atoms. The van der Waals surface area contributed by atoms with E-state index in [0.29, 0.717) is 36.0 Å². The molecule has 0 fully saturated rings. The van der Waals surface area contributed by atoms with Gasteiger partial charge in [0.05, 0.1) is 13.8 Å². The number of thioether (sulfide) groups is 1. The minimum Gasteiger partial charge on any atom is -0.336 e. The van der Waals surface area contributed by atoms with Crippen LogP contribution in [0.25, 0.3) is 11.1 Å². The van der Waals surface area contributed by atoms with Crippen LogP contribution in [0, 0.1) is 11.7 Å². The number of aromatic nitrogens is 2. The van der Waals surface area contributed by atoms with Crippen molar-refractivity contribution < 1.29 is 37.4 Å². The first-order chi connectivity index (χ1) is 27.2. The van der Waals surface area contributed by atoms with Crippen molar-refractivity contribution in [2.45, 2.75) is 63.6 Å².